The Kier molecular flexibility index (Phi) is 5.66. The molecule has 1 aliphatic heterocycles. The number of hydrazine groups is 1. The Morgan fingerprint density at radius 3 is 2.70 bits per heavy atom. The van der Waals surface area contributed by atoms with E-state index in [4.69, 9.17) is 38.5 Å². The van der Waals surface area contributed by atoms with E-state index < -0.39 is 0 Å². The lowest BCUT2D eigenvalue weighted by Crippen LogP contribution is -2.58. The van der Waals surface area contributed by atoms with Crippen LogP contribution < -0.4 is 11.3 Å². The number of benzene rings is 1. The van der Waals surface area contributed by atoms with Crippen molar-refractivity contribution in [2.45, 2.75) is 30.9 Å². The molecule has 20 heavy (non-hydrogen) atoms. The van der Waals surface area contributed by atoms with E-state index in [9.17, 15) is 0 Å². The van der Waals surface area contributed by atoms with Crippen molar-refractivity contribution < 1.29 is 9.47 Å². The molecule has 1 aromatic rings. The third-order valence-electron chi connectivity index (χ3n) is 4.01. The van der Waals surface area contributed by atoms with Gasteiger partial charge in [0.2, 0.25) is 0 Å². The molecule has 0 radical (unpaired) electrons. The fourth-order valence-electron chi connectivity index (χ4n) is 2.73. The lowest BCUT2D eigenvalue weighted by molar-refractivity contribution is -0.110. The van der Waals surface area contributed by atoms with Gasteiger partial charge in [0.25, 0.3) is 0 Å². The van der Waals surface area contributed by atoms with Gasteiger partial charge in [-0.2, -0.15) is 0 Å². The normalized spacial score (nSPS) is 19.8. The van der Waals surface area contributed by atoms with Gasteiger partial charge in [0.05, 0.1) is 11.6 Å². The van der Waals surface area contributed by atoms with E-state index >= 15 is 0 Å². The number of hydrogen-bond donors (Lipinski definition) is 2. The van der Waals surface area contributed by atoms with Crippen molar-refractivity contribution >= 4 is 23.2 Å². The Hall–Kier alpha value is -0.360. The molecule has 1 atom stereocenters. The Balaban J connectivity index is 2.21. The number of rotatable bonds is 5. The van der Waals surface area contributed by atoms with Crippen LogP contribution in [-0.4, -0.2) is 32.0 Å². The highest BCUT2D eigenvalue weighted by Crippen LogP contribution is 2.31. The Bertz CT molecular complexity index is 451. The van der Waals surface area contributed by atoms with Gasteiger partial charge in [-0.3, -0.25) is 11.3 Å². The van der Waals surface area contributed by atoms with E-state index in [1.807, 2.05) is 6.07 Å². The summed E-state index contributed by atoms with van der Waals surface area (Å²) in [6, 6.07) is 5.40. The second kappa shape index (κ2) is 7.07. The largest absolute Gasteiger partial charge is 0.381 e. The molecule has 6 heteroatoms. The average Bonchev–Trinajstić information content (AvgIpc) is 2.48. The summed E-state index contributed by atoms with van der Waals surface area (Å²) in [6.45, 7) is 1.35. The molecular formula is C14H20Cl2N2O2. The van der Waals surface area contributed by atoms with E-state index in [0.717, 1.165) is 18.4 Å². The molecule has 1 aliphatic rings. The molecule has 0 aliphatic carbocycles. The van der Waals surface area contributed by atoms with Crippen LogP contribution in [0.2, 0.25) is 10.0 Å². The molecule has 1 unspecified atom stereocenters. The lowest BCUT2D eigenvalue weighted by Gasteiger charge is -2.42. The standard InChI is InChI=1S/C14H20Cl2N2O2/c1-19-14(4-6-20-7-5-14)13(18-17)9-10-8-11(15)2-3-12(10)16/h2-3,8,13,18H,4-7,9,17H2,1H3. The summed E-state index contributed by atoms with van der Waals surface area (Å²) in [5, 5.41) is 1.35. The van der Waals surface area contributed by atoms with Crippen LogP contribution in [0.3, 0.4) is 0 Å². The molecule has 2 rings (SSSR count). The number of methoxy groups -OCH3 is 1. The van der Waals surface area contributed by atoms with Crippen molar-refractivity contribution in [3.63, 3.8) is 0 Å². The molecule has 112 valence electrons. The monoisotopic (exact) mass is 318 g/mol. The second-order valence-corrected chi connectivity index (χ2v) is 5.88. The fourth-order valence-corrected chi connectivity index (χ4v) is 3.12. The fraction of sp³-hybridized carbons (Fsp3) is 0.571. The van der Waals surface area contributed by atoms with E-state index in [1.165, 1.54) is 0 Å². The third-order valence-corrected chi connectivity index (χ3v) is 4.62. The quantitative estimate of drug-likeness (QED) is 0.647. The smallest absolute Gasteiger partial charge is 0.0891 e. The minimum atomic E-state index is -0.335. The number of halogens is 2. The average molecular weight is 319 g/mol. The van der Waals surface area contributed by atoms with Gasteiger partial charge in [0, 0.05) is 43.2 Å². The Morgan fingerprint density at radius 1 is 1.40 bits per heavy atom. The molecular weight excluding hydrogens is 299 g/mol. The zero-order valence-corrected chi connectivity index (χ0v) is 13.0. The minimum Gasteiger partial charge on any atom is -0.381 e. The van der Waals surface area contributed by atoms with Crippen molar-refractivity contribution in [2.24, 2.45) is 5.84 Å². The first-order valence-electron chi connectivity index (χ1n) is 6.64. The molecule has 0 saturated carbocycles. The van der Waals surface area contributed by atoms with Crippen LogP contribution in [0, 0.1) is 0 Å². The summed E-state index contributed by atoms with van der Waals surface area (Å²) in [7, 11) is 1.72. The van der Waals surface area contributed by atoms with Gasteiger partial charge in [0.1, 0.15) is 0 Å². The highest BCUT2D eigenvalue weighted by Gasteiger charge is 2.40. The van der Waals surface area contributed by atoms with E-state index in [-0.39, 0.29) is 11.6 Å². The van der Waals surface area contributed by atoms with Crippen LogP contribution >= 0.6 is 23.2 Å². The van der Waals surface area contributed by atoms with E-state index in [0.29, 0.717) is 29.7 Å². The summed E-state index contributed by atoms with van der Waals surface area (Å²) in [5.74, 6) is 5.75. The topological polar surface area (TPSA) is 56.5 Å². The van der Waals surface area contributed by atoms with Crippen molar-refractivity contribution in [3.8, 4) is 0 Å². The molecule has 0 amide bonds. The highest BCUT2D eigenvalue weighted by atomic mass is 35.5. The first kappa shape index (κ1) is 16.0. The number of nitrogens with two attached hydrogens (primary N) is 1. The summed E-state index contributed by atoms with van der Waals surface area (Å²) in [5.41, 5.74) is 3.50. The zero-order valence-electron chi connectivity index (χ0n) is 11.5. The second-order valence-electron chi connectivity index (χ2n) is 5.04. The van der Waals surface area contributed by atoms with Crippen molar-refractivity contribution in [3.05, 3.63) is 33.8 Å². The lowest BCUT2D eigenvalue weighted by atomic mass is 9.83. The van der Waals surface area contributed by atoms with Gasteiger partial charge in [0.15, 0.2) is 0 Å². The molecule has 1 aromatic carbocycles. The van der Waals surface area contributed by atoms with Gasteiger partial charge in [-0.05, 0) is 30.2 Å². The van der Waals surface area contributed by atoms with Crippen LogP contribution in [0.5, 0.6) is 0 Å². The molecule has 4 nitrogen and oxygen atoms in total. The first-order chi connectivity index (χ1) is 9.61. The van der Waals surface area contributed by atoms with Gasteiger partial charge in [-0.25, -0.2) is 0 Å². The molecule has 0 aromatic heterocycles. The maximum atomic E-state index is 6.23. The Labute approximate surface area is 129 Å². The van der Waals surface area contributed by atoms with Crippen molar-refractivity contribution in [1.82, 2.24) is 5.43 Å². The number of nitrogens with one attached hydrogen (secondary N) is 1. The van der Waals surface area contributed by atoms with Crippen LogP contribution in [0.15, 0.2) is 18.2 Å². The maximum absolute atomic E-state index is 6.23. The molecule has 1 heterocycles. The molecule has 0 bridgehead atoms. The Morgan fingerprint density at radius 2 is 2.10 bits per heavy atom. The number of hydrogen-bond acceptors (Lipinski definition) is 4. The van der Waals surface area contributed by atoms with Crippen LogP contribution in [0.4, 0.5) is 0 Å². The SMILES string of the molecule is COC1(C(Cc2cc(Cl)ccc2Cl)NN)CCOCC1. The zero-order chi connectivity index (χ0) is 14.6. The summed E-state index contributed by atoms with van der Waals surface area (Å²) < 4.78 is 11.2. The third kappa shape index (κ3) is 3.45. The first-order valence-corrected chi connectivity index (χ1v) is 7.40. The number of ether oxygens (including phenoxy) is 2. The molecule has 1 fully saturated rings. The van der Waals surface area contributed by atoms with E-state index in [1.54, 1.807) is 19.2 Å². The highest BCUT2D eigenvalue weighted by molar-refractivity contribution is 6.33. The predicted octanol–water partition coefficient (Wildman–Crippen LogP) is 2.56. The van der Waals surface area contributed by atoms with Crippen LogP contribution in [0.25, 0.3) is 0 Å². The van der Waals surface area contributed by atoms with Gasteiger partial charge in [-0.1, -0.05) is 23.2 Å². The molecule has 3 N–H and O–H groups in total. The van der Waals surface area contributed by atoms with Crippen molar-refractivity contribution in [1.29, 1.82) is 0 Å². The minimum absolute atomic E-state index is 0.0487. The van der Waals surface area contributed by atoms with Crippen LogP contribution in [0.1, 0.15) is 18.4 Å². The molecule has 1 saturated heterocycles. The van der Waals surface area contributed by atoms with E-state index in [2.05, 4.69) is 5.43 Å². The summed E-state index contributed by atoms with van der Waals surface area (Å²) in [6.07, 6.45) is 2.26. The van der Waals surface area contributed by atoms with Gasteiger partial charge < -0.3 is 9.47 Å². The maximum Gasteiger partial charge on any atom is 0.0891 e. The van der Waals surface area contributed by atoms with Crippen molar-refractivity contribution in [2.75, 3.05) is 20.3 Å². The summed E-state index contributed by atoms with van der Waals surface area (Å²) in [4.78, 5) is 0. The summed E-state index contributed by atoms with van der Waals surface area (Å²) >= 11 is 12.3. The van der Waals surface area contributed by atoms with Crippen LogP contribution in [-0.2, 0) is 15.9 Å². The van der Waals surface area contributed by atoms with Gasteiger partial charge in [-0.15, -0.1) is 0 Å². The van der Waals surface area contributed by atoms with Gasteiger partial charge >= 0.3 is 0 Å². The predicted molar refractivity (Wildman–Crippen MR) is 81.1 cm³/mol. The molecule has 0 spiro atoms.